The van der Waals surface area contributed by atoms with Crippen molar-refractivity contribution in [2.45, 2.75) is 26.7 Å². The molecule has 0 aromatic rings. The molecule has 3 heteroatoms. The van der Waals surface area contributed by atoms with Crippen LogP contribution in [0.5, 0.6) is 0 Å². The highest BCUT2D eigenvalue weighted by atomic mass is 16.5. The largest absolute Gasteiger partial charge is 0.498 e. The lowest BCUT2D eigenvalue weighted by atomic mass is 10.4. The molecule has 0 unspecified atom stereocenters. The van der Waals surface area contributed by atoms with Gasteiger partial charge in [-0.25, -0.2) is 0 Å². The number of ether oxygens (including phenoxy) is 3. The average molecular weight is 188 g/mol. The first-order chi connectivity index (χ1) is 6.41. The summed E-state index contributed by atoms with van der Waals surface area (Å²) in [6.07, 6.45) is 5.39. The van der Waals surface area contributed by atoms with Crippen molar-refractivity contribution >= 4 is 0 Å². The van der Waals surface area contributed by atoms with Gasteiger partial charge >= 0.3 is 0 Å². The topological polar surface area (TPSA) is 27.7 Å². The van der Waals surface area contributed by atoms with Gasteiger partial charge in [-0.2, -0.15) is 0 Å². The molecule has 0 atom stereocenters. The third-order valence-corrected chi connectivity index (χ3v) is 1.41. The predicted molar refractivity (Wildman–Crippen MR) is 52.4 cm³/mol. The minimum Gasteiger partial charge on any atom is -0.498 e. The maximum absolute atomic E-state index is 5.13. The van der Waals surface area contributed by atoms with Crippen LogP contribution in [0.15, 0.2) is 12.5 Å². The molecule has 0 heterocycles. The first-order valence-electron chi connectivity index (χ1n) is 4.87. The van der Waals surface area contributed by atoms with Gasteiger partial charge in [0.1, 0.15) is 19.1 Å². The lowest BCUT2D eigenvalue weighted by Crippen LogP contribution is -2.00. The Kier molecular flexibility index (Phi) is 10.7. The molecule has 0 spiro atoms. The van der Waals surface area contributed by atoms with Crippen LogP contribution in [-0.2, 0) is 14.2 Å². The van der Waals surface area contributed by atoms with Gasteiger partial charge in [0, 0.05) is 6.61 Å². The van der Waals surface area contributed by atoms with E-state index in [-0.39, 0.29) is 0 Å². The molecular weight excluding hydrogens is 168 g/mol. The van der Waals surface area contributed by atoms with E-state index in [1.54, 1.807) is 12.5 Å². The molecule has 0 aromatic heterocycles. The van der Waals surface area contributed by atoms with Gasteiger partial charge in [-0.1, -0.05) is 13.3 Å². The predicted octanol–water partition coefficient (Wildman–Crippen LogP) is 2.33. The second-order valence-corrected chi connectivity index (χ2v) is 2.56. The van der Waals surface area contributed by atoms with Gasteiger partial charge in [0.05, 0.1) is 13.2 Å². The van der Waals surface area contributed by atoms with Crippen LogP contribution in [0.4, 0.5) is 0 Å². The molecular formula is C10H20O3. The highest BCUT2D eigenvalue weighted by Gasteiger charge is 1.83. The summed E-state index contributed by atoms with van der Waals surface area (Å²) in [6, 6.07) is 0. The molecule has 0 saturated heterocycles. The first kappa shape index (κ1) is 12.3. The minimum absolute atomic E-state index is 0.585. The summed E-state index contributed by atoms with van der Waals surface area (Å²) in [5, 5.41) is 0. The van der Waals surface area contributed by atoms with Gasteiger partial charge in [0.25, 0.3) is 0 Å². The van der Waals surface area contributed by atoms with Gasteiger partial charge in [0.2, 0.25) is 0 Å². The van der Waals surface area contributed by atoms with E-state index in [9.17, 15) is 0 Å². The van der Waals surface area contributed by atoms with Crippen LogP contribution < -0.4 is 0 Å². The summed E-state index contributed by atoms with van der Waals surface area (Å²) >= 11 is 0. The van der Waals surface area contributed by atoms with Gasteiger partial charge in [0.15, 0.2) is 0 Å². The number of rotatable bonds is 9. The molecule has 0 aliphatic rings. The summed E-state index contributed by atoms with van der Waals surface area (Å²) in [6.45, 7) is 6.81. The summed E-state index contributed by atoms with van der Waals surface area (Å²) in [5.74, 6) is 0. The lowest BCUT2D eigenvalue weighted by molar-refractivity contribution is 0.0899. The Morgan fingerprint density at radius 3 is 2.23 bits per heavy atom. The van der Waals surface area contributed by atoms with Crippen molar-refractivity contribution in [2.75, 3.05) is 26.4 Å². The quantitative estimate of drug-likeness (QED) is 0.410. The Balaban J connectivity index is 2.95. The molecule has 3 nitrogen and oxygen atoms in total. The zero-order chi connectivity index (χ0) is 9.78. The Morgan fingerprint density at radius 2 is 1.62 bits per heavy atom. The number of hydrogen-bond donors (Lipinski definition) is 0. The highest BCUT2D eigenvalue weighted by molar-refractivity contribution is 4.60. The average Bonchev–Trinajstić information content (AvgIpc) is 2.16. The smallest absolute Gasteiger partial charge is 0.117 e. The van der Waals surface area contributed by atoms with Crippen LogP contribution in [0.25, 0.3) is 0 Å². The first-order valence-corrected chi connectivity index (χ1v) is 4.87. The Hall–Kier alpha value is -0.700. The zero-order valence-electron chi connectivity index (χ0n) is 8.62. The molecule has 78 valence electrons. The standard InChI is InChI=1S/C10H20O3/c1-3-5-6-12-9-10-13-8-7-11-4-2/h9-10H,3-8H2,1-2H3. The van der Waals surface area contributed by atoms with E-state index in [0.29, 0.717) is 13.2 Å². The van der Waals surface area contributed by atoms with E-state index in [1.165, 1.54) is 0 Å². The zero-order valence-corrected chi connectivity index (χ0v) is 8.62. The van der Waals surface area contributed by atoms with Crippen molar-refractivity contribution < 1.29 is 14.2 Å². The van der Waals surface area contributed by atoms with Crippen molar-refractivity contribution in [2.24, 2.45) is 0 Å². The van der Waals surface area contributed by atoms with E-state index in [4.69, 9.17) is 14.2 Å². The van der Waals surface area contributed by atoms with Crippen LogP contribution >= 0.6 is 0 Å². The monoisotopic (exact) mass is 188 g/mol. The van der Waals surface area contributed by atoms with Crippen molar-refractivity contribution in [3.8, 4) is 0 Å². The van der Waals surface area contributed by atoms with Gasteiger partial charge < -0.3 is 14.2 Å². The van der Waals surface area contributed by atoms with Crippen LogP contribution in [0, 0.1) is 0 Å². The van der Waals surface area contributed by atoms with Crippen LogP contribution in [0.2, 0.25) is 0 Å². The van der Waals surface area contributed by atoms with Gasteiger partial charge in [-0.3, -0.25) is 0 Å². The van der Waals surface area contributed by atoms with Crippen molar-refractivity contribution in [1.82, 2.24) is 0 Å². The number of unbranched alkanes of at least 4 members (excludes halogenated alkanes) is 1. The summed E-state index contributed by atoms with van der Waals surface area (Å²) in [4.78, 5) is 0. The molecule has 0 bridgehead atoms. The molecule has 13 heavy (non-hydrogen) atoms. The van der Waals surface area contributed by atoms with E-state index >= 15 is 0 Å². The Bertz CT molecular complexity index is 113. The molecule has 0 aliphatic heterocycles. The second kappa shape index (κ2) is 11.3. The fraction of sp³-hybridized carbons (Fsp3) is 0.800. The summed E-state index contributed by atoms with van der Waals surface area (Å²) < 4.78 is 15.3. The van der Waals surface area contributed by atoms with Crippen molar-refractivity contribution in [1.29, 1.82) is 0 Å². The molecule has 0 rings (SSSR count). The summed E-state index contributed by atoms with van der Waals surface area (Å²) in [5.41, 5.74) is 0. The maximum atomic E-state index is 5.13. The molecule has 0 radical (unpaired) electrons. The van der Waals surface area contributed by atoms with Crippen LogP contribution in [-0.4, -0.2) is 26.4 Å². The van der Waals surface area contributed by atoms with Crippen molar-refractivity contribution in [3.63, 3.8) is 0 Å². The molecule has 0 fully saturated rings. The van der Waals surface area contributed by atoms with Crippen molar-refractivity contribution in [3.05, 3.63) is 12.5 Å². The summed E-state index contributed by atoms with van der Waals surface area (Å²) in [7, 11) is 0. The highest BCUT2D eigenvalue weighted by Crippen LogP contribution is 1.88. The fourth-order valence-electron chi connectivity index (χ4n) is 0.694. The van der Waals surface area contributed by atoms with Gasteiger partial charge in [-0.15, -0.1) is 0 Å². The molecule has 0 aromatic carbocycles. The third-order valence-electron chi connectivity index (χ3n) is 1.41. The van der Waals surface area contributed by atoms with E-state index in [0.717, 1.165) is 26.1 Å². The van der Waals surface area contributed by atoms with Crippen LogP contribution in [0.1, 0.15) is 26.7 Å². The minimum atomic E-state index is 0.585. The molecule has 0 N–H and O–H groups in total. The SMILES string of the molecule is CCCCOC=COCCOCC. The second-order valence-electron chi connectivity index (χ2n) is 2.56. The Labute approximate surface area is 80.7 Å². The fourth-order valence-corrected chi connectivity index (χ4v) is 0.694. The third kappa shape index (κ3) is 11.3. The Morgan fingerprint density at radius 1 is 0.923 bits per heavy atom. The van der Waals surface area contributed by atoms with Gasteiger partial charge in [-0.05, 0) is 13.3 Å². The van der Waals surface area contributed by atoms with E-state index in [1.807, 2.05) is 6.92 Å². The van der Waals surface area contributed by atoms with Crippen LogP contribution in [0.3, 0.4) is 0 Å². The molecule has 0 saturated carbocycles. The molecule has 0 aliphatic carbocycles. The molecule has 0 amide bonds. The normalized spacial score (nSPS) is 10.6. The number of hydrogen-bond acceptors (Lipinski definition) is 3. The van der Waals surface area contributed by atoms with E-state index < -0.39 is 0 Å². The maximum Gasteiger partial charge on any atom is 0.117 e. The lowest BCUT2D eigenvalue weighted by Gasteiger charge is -2.01. The van der Waals surface area contributed by atoms with E-state index in [2.05, 4.69) is 6.92 Å².